The van der Waals surface area contributed by atoms with Gasteiger partial charge in [0.2, 0.25) is 0 Å². The van der Waals surface area contributed by atoms with E-state index in [9.17, 15) is 0 Å². The van der Waals surface area contributed by atoms with E-state index in [0.29, 0.717) is 0 Å². The van der Waals surface area contributed by atoms with Crippen molar-refractivity contribution in [2.45, 2.75) is 0 Å². The van der Waals surface area contributed by atoms with E-state index in [2.05, 4.69) is 0 Å². The Balaban J connectivity index is 0. The maximum absolute atomic E-state index is 0. The standard InChI is InChI=1S/Al.Co.Cu.Zn.3H. The van der Waals surface area contributed by atoms with Gasteiger partial charge in [0, 0.05) is 53.3 Å². The van der Waals surface area contributed by atoms with Gasteiger partial charge in [-0.1, -0.05) is 0 Å². The van der Waals surface area contributed by atoms with Crippen LogP contribution in [-0.4, -0.2) is 17.4 Å². The summed E-state index contributed by atoms with van der Waals surface area (Å²) >= 11 is 0. The maximum atomic E-state index is 0. The van der Waals surface area contributed by atoms with Crippen LogP contribution in [0.4, 0.5) is 0 Å². The van der Waals surface area contributed by atoms with Gasteiger partial charge in [0.1, 0.15) is 0 Å². The molecule has 0 spiro atoms. The zero-order valence-electron chi connectivity index (χ0n) is 1.34. The number of rotatable bonds is 0. The Bertz CT molecular complexity index is 8.00. The summed E-state index contributed by atoms with van der Waals surface area (Å²) in [6.45, 7) is 0. The molecule has 0 N–H and O–H groups in total. The monoisotopic (exact) mass is 216 g/mol. The molecule has 0 aliphatic heterocycles. The molecular formula is H3AlCoCuZn. The SMILES string of the molecule is [AlH3].[Co].[Cu].[Zn]. The van der Waals surface area contributed by atoms with E-state index >= 15 is 0 Å². The zero-order valence-corrected chi connectivity index (χ0v) is 6.29. The average Bonchev–Trinajstić information content (AvgIpc) is 0. The minimum atomic E-state index is 0. The van der Waals surface area contributed by atoms with E-state index in [-0.39, 0.29) is 70.7 Å². The van der Waals surface area contributed by atoms with Crippen LogP contribution < -0.4 is 0 Å². The zero-order chi connectivity index (χ0) is 0. The molecule has 0 fully saturated rings. The Hall–Kier alpha value is 2.18. The maximum Gasteiger partial charge on any atom is 0.187 e. The Kier molecular flexibility index (Phi) is 166. The van der Waals surface area contributed by atoms with Gasteiger partial charge in [-0.05, 0) is 0 Å². The Morgan fingerprint density at radius 2 is 1.00 bits per heavy atom. The van der Waals surface area contributed by atoms with Crippen LogP contribution in [0.2, 0.25) is 0 Å². The summed E-state index contributed by atoms with van der Waals surface area (Å²) in [5.74, 6) is 0. The Morgan fingerprint density at radius 3 is 1.00 bits per heavy atom. The van der Waals surface area contributed by atoms with Gasteiger partial charge >= 0.3 is 0 Å². The molecule has 0 unspecified atom stereocenters. The molecule has 0 nitrogen and oxygen atoms in total. The summed E-state index contributed by atoms with van der Waals surface area (Å²) in [6, 6.07) is 0. The van der Waals surface area contributed by atoms with Gasteiger partial charge in [0.05, 0.1) is 0 Å². The van der Waals surface area contributed by atoms with E-state index in [1.165, 1.54) is 0 Å². The molecule has 28 valence electrons. The van der Waals surface area contributed by atoms with Crippen molar-refractivity contribution in [1.29, 1.82) is 0 Å². The first-order valence-electron chi connectivity index (χ1n) is 0. The smallest absolute Gasteiger partial charge is 0 e. The van der Waals surface area contributed by atoms with Crippen molar-refractivity contribution in [3.05, 3.63) is 0 Å². The van der Waals surface area contributed by atoms with Crippen molar-refractivity contribution in [2.24, 2.45) is 0 Å². The summed E-state index contributed by atoms with van der Waals surface area (Å²) in [7, 11) is 0. The summed E-state index contributed by atoms with van der Waals surface area (Å²) < 4.78 is 0. The molecule has 0 aromatic rings. The van der Waals surface area contributed by atoms with Crippen LogP contribution in [0.1, 0.15) is 0 Å². The fourth-order valence-electron chi connectivity index (χ4n) is 0. The second-order valence-electron chi connectivity index (χ2n) is 0. The van der Waals surface area contributed by atoms with Crippen molar-refractivity contribution >= 4 is 17.4 Å². The first kappa shape index (κ1) is 34.9. The summed E-state index contributed by atoms with van der Waals surface area (Å²) in [5.41, 5.74) is 0. The molecule has 0 saturated carbocycles. The Labute approximate surface area is 70.0 Å². The third-order valence-corrected chi connectivity index (χ3v) is 0. The molecule has 0 aliphatic carbocycles. The van der Waals surface area contributed by atoms with E-state index in [4.69, 9.17) is 0 Å². The predicted molar refractivity (Wildman–Crippen MR) is 9.94 cm³/mol. The summed E-state index contributed by atoms with van der Waals surface area (Å²) in [6.07, 6.45) is 0. The van der Waals surface area contributed by atoms with Crippen LogP contribution in [0.3, 0.4) is 0 Å². The molecule has 0 rings (SSSR count). The molecule has 0 atom stereocenters. The molecule has 4 heavy (non-hydrogen) atoms. The first-order valence-corrected chi connectivity index (χ1v) is 0. The first-order chi connectivity index (χ1) is 0. The van der Waals surface area contributed by atoms with Gasteiger partial charge in [-0.25, -0.2) is 0 Å². The molecule has 0 bridgehead atoms. The van der Waals surface area contributed by atoms with Crippen LogP contribution in [0.15, 0.2) is 0 Å². The van der Waals surface area contributed by atoms with Crippen LogP contribution in [0, 0.1) is 0 Å². The molecule has 0 amide bonds. The van der Waals surface area contributed by atoms with Crippen LogP contribution in [0.25, 0.3) is 0 Å². The van der Waals surface area contributed by atoms with Crippen molar-refractivity contribution in [1.82, 2.24) is 0 Å². The fraction of sp³-hybridized carbons (Fsp3) is 0. The molecule has 2 radical (unpaired) electrons. The second-order valence-corrected chi connectivity index (χ2v) is 0. The van der Waals surface area contributed by atoms with Crippen molar-refractivity contribution in [2.75, 3.05) is 0 Å². The summed E-state index contributed by atoms with van der Waals surface area (Å²) in [5, 5.41) is 0. The quantitative estimate of drug-likeness (QED) is 0.448. The minimum absolute atomic E-state index is 0. The summed E-state index contributed by atoms with van der Waals surface area (Å²) in [4.78, 5) is 0. The molecule has 0 aromatic carbocycles. The second kappa shape index (κ2) is 19.0. The van der Waals surface area contributed by atoms with E-state index < -0.39 is 0 Å². The van der Waals surface area contributed by atoms with E-state index in [1.54, 1.807) is 0 Å². The normalized spacial score (nSPS) is 0. The largest absolute Gasteiger partial charge is 0.187 e. The van der Waals surface area contributed by atoms with E-state index in [1.807, 2.05) is 0 Å². The van der Waals surface area contributed by atoms with Gasteiger partial charge in [0.25, 0.3) is 0 Å². The van der Waals surface area contributed by atoms with E-state index in [0.717, 1.165) is 0 Å². The number of hydrogen-bond donors (Lipinski definition) is 0. The fourth-order valence-corrected chi connectivity index (χ4v) is 0. The third kappa shape index (κ3) is 8.89. The topological polar surface area (TPSA) is 0 Å². The Morgan fingerprint density at radius 1 is 1.00 bits per heavy atom. The molecule has 4 heteroatoms. The minimum Gasteiger partial charge on any atom is 0 e. The van der Waals surface area contributed by atoms with Crippen LogP contribution in [0.5, 0.6) is 0 Å². The van der Waals surface area contributed by atoms with Gasteiger partial charge in [-0.2, -0.15) is 0 Å². The van der Waals surface area contributed by atoms with Gasteiger partial charge in [-0.15, -0.1) is 0 Å². The van der Waals surface area contributed by atoms with Crippen molar-refractivity contribution < 1.29 is 53.3 Å². The van der Waals surface area contributed by atoms with Gasteiger partial charge in [-0.3, -0.25) is 0 Å². The molecule has 0 heterocycles. The molecular weight excluding hydrogens is 215 g/mol. The van der Waals surface area contributed by atoms with Crippen LogP contribution in [-0.2, 0) is 53.3 Å². The predicted octanol–water partition coefficient (Wildman–Crippen LogP) is -1.19. The van der Waals surface area contributed by atoms with Crippen molar-refractivity contribution in [3.63, 3.8) is 0 Å². The molecule has 0 aliphatic rings. The van der Waals surface area contributed by atoms with Crippen LogP contribution >= 0.6 is 0 Å². The molecule has 0 saturated heterocycles. The van der Waals surface area contributed by atoms with Gasteiger partial charge < -0.3 is 0 Å². The van der Waals surface area contributed by atoms with Crippen molar-refractivity contribution in [3.8, 4) is 0 Å². The molecule has 0 aromatic heterocycles. The number of hydrogen-bond acceptors (Lipinski definition) is 0. The van der Waals surface area contributed by atoms with Gasteiger partial charge in [0.15, 0.2) is 17.4 Å². The average molecular weight is 218 g/mol. The third-order valence-electron chi connectivity index (χ3n) is 0.